The van der Waals surface area contributed by atoms with E-state index in [0.717, 1.165) is 16.3 Å². The van der Waals surface area contributed by atoms with Gasteiger partial charge in [0, 0.05) is 13.0 Å². The number of carbonyl (C=O) groups is 1. The summed E-state index contributed by atoms with van der Waals surface area (Å²) in [4.78, 5) is 19.0. The smallest absolute Gasteiger partial charge is 0.410 e. The molecule has 2 aliphatic rings. The zero-order chi connectivity index (χ0) is 15.4. The van der Waals surface area contributed by atoms with Crippen LogP contribution in [0.25, 0.3) is 5.59 Å². The third-order valence-corrected chi connectivity index (χ3v) is 3.73. The molecule has 0 saturated carbocycles. The molecule has 7 heteroatoms. The Morgan fingerprint density at radius 2 is 2.18 bits per heavy atom. The van der Waals surface area contributed by atoms with Crippen molar-refractivity contribution in [2.75, 3.05) is 26.7 Å². The zero-order valence-corrected chi connectivity index (χ0v) is 12.4. The largest absolute Gasteiger partial charge is 0.508 e. The molecule has 3 rings (SSSR count). The number of nitrogens with zero attached hydrogens (tertiary/aromatic N) is 2. The quantitative estimate of drug-likeness (QED) is 0.903. The summed E-state index contributed by atoms with van der Waals surface area (Å²) in [5.41, 5.74) is 5.92. The Hall–Kier alpha value is -2.25. The SMILES string of the molecule is COC1=C2CCN(C(=O)OCc3ccccc3)CC[NH+]2[N-]O1. The number of carbonyl (C=O) groups excluding carboxylic acids is 1. The number of hydrogen-bond acceptors (Lipinski definition) is 4. The van der Waals surface area contributed by atoms with E-state index in [4.69, 9.17) is 14.3 Å². The van der Waals surface area contributed by atoms with Crippen molar-refractivity contribution < 1.29 is 24.1 Å². The Balaban J connectivity index is 1.56. The second-order valence-electron chi connectivity index (χ2n) is 5.13. The summed E-state index contributed by atoms with van der Waals surface area (Å²) in [6.07, 6.45) is 0.354. The lowest BCUT2D eigenvalue weighted by atomic mass is 10.2. The first-order valence-corrected chi connectivity index (χ1v) is 7.25. The van der Waals surface area contributed by atoms with E-state index in [0.29, 0.717) is 32.0 Å². The molecule has 2 aliphatic heterocycles. The van der Waals surface area contributed by atoms with E-state index in [2.05, 4.69) is 5.59 Å². The Bertz CT molecular complexity index is 561. The van der Waals surface area contributed by atoms with Crippen LogP contribution in [0, 0.1) is 0 Å². The fourth-order valence-electron chi connectivity index (χ4n) is 2.52. The Labute approximate surface area is 129 Å². The van der Waals surface area contributed by atoms with Gasteiger partial charge in [0.25, 0.3) is 0 Å². The number of rotatable bonds is 3. The van der Waals surface area contributed by atoms with Gasteiger partial charge in [0.15, 0.2) is 5.70 Å². The fraction of sp³-hybridized carbons (Fsp3) is 0.400. The molecule has 0 radical (unpaired) electrons. The fourth-order valence-corrected chi connectivity index (χ4v) is 2.52. The average molecular weight is 305 g/mol. The highest BCUT2D eigenvalue weighted by molar-refractivity contribution is 5.67. The van der Waals surface area contributed by atoms with Crippen molar-refractivity contribution in [2.24, 2.45) is 0 Å². The minimum Gasteiger partial charge on any atom is -0.508 e. The maximum absolute atomic E-state index is 12.2. The van der Waals surface area contributed by atoms with Crippen LogP contribution in [0.2, 0.25) is 0 Å². The van der Waals surface area contributed by atoms with Gasteiger partial charge in [-0.1, -0.05) is 30.3 Å². The van der Waals surface area contributed by atoms with E-state index < -0.39 is 0 Å². The minimum absolute atomic E-state index is 0.284. The highest BCUT2D eigenvalue weighted by atomic mass is 16.8. The summed E-state index contributed by atoms with van der Waals surface area (Å²) >= 11 is 0. The molecule has 1 atom stereocenters. The number of benzene rings is 1. The van der Waals surface area contributed by atoms with Crippen LogP contribution in [0.5, 0.6) is 0 Å². The van der Waals surface area contributed by atoms with E-state index in [1.165, 1.54) is 0 Å². The number of fused-ring (bicyclic) bond motifs is 1. The van der Waals surface area contributed by atoms with Crippen LogP contribution in [-0.4, -0.2) is 37.7 Å². The van der Waals surface area contributed by atoms with Gasteiger partial charge in [0.2, 0.25) is 0 Å². The molecule has 1 amide bonds. The highest BCUT2D eigenvalue weighted by Gasteiger charge is 2.30. The normalized spacial score (nSPS) is 21.0. The van der Waals surface area contributed by atoms with Gasteiger partial charge in [-0.15, -0.1) is 0 Å². The van der Waals surface area contributed by atoms with Gasteiger partial charge in [0.05, 0.1) is 20.2 Å². The molecule has 1 fully saturated rings. The third-order valence-electron chi connectivity index (χ3n) is 3.73. The summed E-state index contributed by atoms with van der Waals surface area (Å²) in [7, 11) is 1.55. The number of nitrogens with one attached hydrogen (secondary N) is 1. The molecule has 0 aliphatic carbocycles. The summed E-state index contributed by atoms with van der Waals surface area (Å²) < 4.78 is 10.5. The van der Waals surface area contributed by atoms with Crippen molar-refractivity contribution >= 4 is 6.09 Å². The molecular weight excluding hydrogens is 286 g/mol. The van der Waals surface area contributed by atoms with Gasteiger partial charge < -0.3 is 24.2 Å². The van der Waals surface area contributed by atoms with Crippen LogP contribution >= 0.6 is 0 Å². The van der Waals surface area contributed by atoms with Crippen molar-refractivity contribution in [2.45, 2.75) is 13.0 Å². The summed E-state index contributed by atoms with van der Waals surface area (Å²) in [6.45, 7) is 2.06. The number of amides is 1. The van der Waals surface area contributed by atoms with Crippen LogP contribution in [0.4, 0.5) is 4.79 Å². The number of quaternary nitrogens is 1. The lowest BCUT2D eigenvalue weighted by Gasteiger charge is -2.22. The Morgan fingerprint density at radius 3 is 2.95 bits per heavy atom. The minimum atomic E-state index is -0.301. The summed E-state index contributed by atoms with van der Waals surface area (Å²) in [5.74, 6) is 0.439. The van der Waals surface area contributed by atoms with Crippen LogP contribution in [0.1, 0.15) is 12.0 Å². The lowest BCUT2D eigenvalue weighted by Crippen LogP contribution is -3.05. The molecule has 2 heterocycles. The molecule has 1 N–H and O–H groups in total. The molecule has 7 nitrogen and oxygen atoms in total. The second-order valence-corrected chi connectivity index (χ2v) is 5.13. The van der Waals surface area contributed by atoms with Crippen molar-refractivity contribution in [3.63, 3.8) is 0 Å². The first kappa shape index (κ1) is 14.7. The van der Waals surface area contributed by atoms with E-state index in [9.17, 15) is 4.79 Å². The Morgan fingerprint density at radius 1 is 1.36 bits per heavy atom. The standard InChI is InChI=1S/C15H19N3O4/c1-20-14-13-7-8-17(9-10-18(13)16-22-14)15(19)21-11-12-5-3-2-4-6-12/h2-6,18H,7-11H2,1H3. The van der Waals surface area contributed by atoms with Crippen LogP contribution in [0.15, 0.2) is 42.0 Å². The average Bonchev–Trinajstić information content (AvgIpc) is 2.83. The predicted octanol–water partition coefficient (Wildman–Crippen LogP) is 0.963. The summed E-state index contributed by atoms with van der Waals surface area (Å²) in [5, 5.41) is 0.857. The summed E-state index contributed by atoms with van der Waals surface area (Å²) in [6, 6.07) is 9.65. The monoisotopic (exact) mass is 305 g/mol. The predicted molar refractivity (Wildman–Crippen MR) is 77.1 cm³/mol. The van der Waals surface area contributed by atoms with E-state index in [1.807, 2.05) is 30.3 Å². The van der Waals surface area contributed by atoms with Gasteiger partial charge >= 0.3 is 12.0 Å². The molecule has 0 aromatic heterocycles. The highest BCUT2D eigenvalue weighted by Crippen LogP contribution is 2.16. The van der Waals surface area contributed by atoms with Crippen molar-refractivity contribution in [1.29, 1.82) is 0 Å². The van der Waals surface area contributed by atoms with Crippen molar-refractivity contribution in [3.05, 3.63) is 53.1 Å². The molecule has 1 aromatic rings. The van der Waals surface area contributed by atoms with Crippen LogP contribution in [-0.2, 0) is 20.9 Å². The van der Waals surface area contributed by atoms with Gasteiger partial charge in [-0.2, -0.15) is 0 Å². The molecule has 1 aromatic carbocycles. The second kappa shape index (κ2) is 6.67. The first-order chi connectivity index (χ1) is 10.8. The molecule has 22 heavy (non-hydrogen) atoms. The van der Waals surface area contributed by atoms with E-state index in [-0.39, 0.29) is 12.7 Å². The number of ether oxygens (including phenoxy) is 2. The van der Waals surface area contributed by atoms with E-state index >= 15 is 0 Å². The molecule has 118 valence electrons. The first-order valence-electron chi connectivity index (χ1n) is 7.25. The topological polar surface area (TPSA) is 66.5 Å². The third kappa shape index (κ3) is 3.15. The van der Waals surface area contributed by atoms with Crippen LogP contribution in [0.3, 0.4) is 0 Å². The maximum atomic E-state index is 12.2. The van der Waals surface area contributed by atoms with Gasteiger partial charge in [-0.3, -0.25) is 5.59 Å². The maximum Gasteiger partial charge on any atom is 0.410 e. The number of hydrogen-bond donors (Lipinski definition) is 1. The zero-order valence-electron chi connectivity index (χ0n) is 12.4. The van der Waals surface area contributed by atoms with E-state index in [1.54, 1.807) is 12.0 Å². The molecule has 1 unspecified atom stereocenters. The molecular formula is C15H19N3O4. The van der Waals surface area contributed by atoms with Crippen molar-refractivity contribution in [1.82, 2.24) is 4.90 Å². The molecule has 0 bridgehead atoms. The van der Waals surface area contributed by atoms with Gasteiger partial charge in [0.1, 0.15) is 6.61 Å². The van der Waals surface area contributed by atoms with Crippen molar-refractivity contribution in [3.8, 4) is 0 Å². The van der Waals surface area contributed by atoms with Crippen LogP contribution < -0.4 is 5.01 Å². The molecule has 0 spiro atoms. The van der Waals surface area contributed by atoms with Gasteiger partial charge in [-0.25, -0.2) is 4.79 Å². The Kier molecular flexibility index (Phi) is 4.45. The molecule has 1 saturated heterocycles. The van der Waals surface area contributed by atoms with Gasteiger partial charge in [-0.05, 0) is 5.56 Å². The lowest BCUT2D eigenvalue weighted by molar-refractivity contribution is -0.827. The number of methoxy groups -OCH3 is 1.